The molecule has 88 valence electrons. The Balaban J connectivity index is 2.11. The molecule has 0 aliphatic rings. The van der Waals surface area contributed by atoms with Gasteiger partial charge in [-0.1, -0.05) is 35.9 Å². The minimum Gasteiger partial charge on any atom is -0.324 e. The molecule has 2 nitrogen and oxygen atoms in total. The first-order valence-corrected chi connectivity index (χ1v) is 5.88. The van der Waals surface area contributed by atoms with Crippen molar-refractivity contribution in [2.24, 2.45) is 5.73 Å². The number of nitrogens with two attached hydrogens (primary N) is 1. The van der Waals surface area contributed by atoms with Crippen molar-refractivity contribution in [1.29, 1.82) is 0 Å². The number of hydrogen-bond donors (Lipinski definition) is 1. The predicted octanol–water partition coefficient (Wildman–Crippen LogP) is 2.94. The molecule has 0 amide bonds. The Morgan fingerprint density at radius 3 is 2.41 bits per heavy atom. The lowest BCUT2D eigenvalue weighted by molar-refractivity contribution is 0.717. The van der Waals surface area contributed by atoms with Crippen LogP contribution in [0, 0.1) is 13.8 Å². The monoisotopic (exact) mass is 226 g/mol. The summed E-state index contributed by atoms with van der Waals surface area (Å²) in [6.07, 6.45) is 4.55. The zero-order chi connectivity index (χ0) is 12.3. The van der Waals surface area contributed by atoms with Gasteiger partial charge >= 0.3 is 0 Å². The average Bonchev–Trinajstić information content (AvgIpc) is 2.32. The lowest BCUT2D eigenvalue weighted by atomic mass is 9.99. The smallest absolute Gasteiger partial charge is 0.0351 e. The summed E-state index contributed by atoms with van der Waals surface area (Å²) in [6, 6.07) is 10.6. The van der Waals surface area contributed by atoms with Crippen molar-refractivity contribution in [1.82, 2.24) is 4.98 Å². The van der Waals surface area contributed by atoms with Gasteiger partial charge in [-0.2, -0.15) is 0 Å². The van der Waals surface area contributed by atoms with Crippen LogP contribution in [-0.2, 0) is 6.42 Å². The summed E-state index contributed by atoms with van der Waals surface area (Å²) in [5, 5.41) is 0. The van der Waals surface area contributed by atoms with Gasteiger partial charge in [0.2, 0.25) is 0 Å². The van der Waals surface area contributed by atoms with Crippen LogP contribution in [0.5, 0.6) is 0 Å². The van der Waals surface area contributed by atoms with Crippen LogP contribution in [0.25, 0.3) is 0 Å². The zero-order valence-electron chi connectivity index (χ0n) is 10.4. The number of benzene rings is 1. The molecule has 1 heterocycles. The first kappa shape index (κ1) is 11.8. The average molecular weight is 226 g/mol. The summed E-state index contributed by atoms with van der Waals surface area (Å²) in [5.41, 5.74) is 11.0. The fraction of sp³-hybridized carbons (Fsp3) is 0.267. The molecule has 2 N–H and O–H groups in total. The van der Waals surface area contributed by atoms with Gasteiger partial charge in [0, 0.05) is 18.4 Å². The minimum atomic E-state index is 0.0186. The Labute approximate surface area is 103 Å². The number of nitrogens with zero attached hydrogens (tertiary/aromatic N) is 1. The maximum absolute atomic E-state index is 6.19. The summed E-state index contributed by atoms with van der Waals surface area (Å²) >= 11 is 0. The first-order valence-electron chi connectivity index (χ1n) is 5.88. The van der Waals surface area contributed by atoms with Crippen LogP contribution in [0.1, 0.15) is 28.3 Å². The molecule has 1 aromatic heterocycles. The van der Waals surface area contributed by atoms with E-state index in [0.29, 0.717) is 0 Å². The zero-order valence-corrected chi connectivity index (χ0v) is 10.4. The van der Waals surface area contributed by atoms with E-state index < -0.39 is 0 Å². The van der Waals surface area contributed by atoms with Crippen molar-refractivity contribution in [2.45, 2.75) is 26.3 Å². The summed E-state index contributed by atoms with van der Waals surface area (Å²) in [7, 11) is 0. The Kier molecular flexibility index (Phi) is 3.55. The molecule has 0 aliphatic heterocycles. The summed E-state index contributed by atoms with van der Waals surface area (Å²) in [5.74, 6) is 0. The predicted molar refractivity (Wildman–Crippen MR) is 70.8 cm³/mol. The van der Waals surface area contributed by atoms with Crippen molar-refractivity contribution in [2.75, 3.05) is 0 Å². The van der Waals surface area contributed by atoms with Crippen LogP contribution >= 0.6 is 0 Å². The van der Waals surface area contributed by atoms with E-state index in [1.54, 1.807) is 0 Å². The molecule has 1 aromatic carbocycles. The van der Waals surface area contributed by atoms with E-state index in [9.17, 15) is 0 Å². The molecular weight excluding hydrogens is 208 g/mol. The van der Waals surface area contributed by atoms with Crippen LogP contribution in [-0.4, -0.2) is 4.98 Å². The maximum atomic E-state index is 6.19. The van der Waals surface area contributed by atoms with Crippen molar-refractivity contribution < 1.29 is 0 Å². The Hall–Kier alpha value is -1.67. The number of hydrogen-bond acceptors (Lipinski definition) is 2. The lowest BCUT2D eigenvalue weighted by Gasteiger charge is -2.12. The van der Waals surface area contributed by atoms with Crippen LogP contribution in [0.15, 0.2) is 42.7 Å². The highest BCUT2D eigenvalue weighted by molar-refractivity contribution is 5.26. The highest BCUT2D eigenvalue weighted by atomic mass is 14.7. The molecule has 0 spiro atoms. The number of pyridine rings is 1. The lowest BCUT2D eigenvalue weighted by Crippen LogP contribution is -2.13. The number of aromatic nitrogens is 1. The van der Waals surface area contributed by atoms with Gasteiger partial charge in [0.1, 0.15) is 0 Å². The van der Waals surface area contributed by atoms with Crippen molar-refractivity contribution >= 4 is 0 Å². The third-order valence-corrected chi connectivity index (χ3v) is 2.90. The van der Waals surface area contributed by atoms with E-state index in [2.05, 4.69) is 42.2 Å². The first-order chi connectivity index (χ1) is 8.15. The third kappa shape index (κ3) is 3.14. The second kappa shape index (κ2) is 5.11. The fourth-order valence-electron chi connectivity index (χ4n) is 1.88. The van der Waals surface area contributed by atoms with Crippen LogP contribution in [0.2, 0.25) is 0 Å². The molecule has 0 saturated carbocycles. The van der Waals surface area contributed by atoms with Crippen molar-refractivity contribution in [3.8, 4) is 0 Å². The summed E-state index contributed by atoms with van der Waals surface area (Å²) < 4.78 is 0. The SMILES string of the molecule is Cc1ccc(CC(N)c2cncc(C)c2)cc1. The molecule has 2 heteroatoms. The molecule has 1 unspecified atom stereocenters. The molecular formula is C15H18N2. The number of aryl methyl sites for hydroxylation is 2. The van der Waals surface area contributed by atoms with Gasteiger partial charge < -0.3 is 5.73 Å². The topological polar surface area (TPSA) is 38.9 Å². The third-order valence-electron chi connectivity index (χ3n) is 2.90. The van der Waals surface area contributed by atoms with Crippen LogP contribution in [0.4, 0.5) is 0 Å². The Bertz CT molecular complexity index is 489. The van der Waals surface area contributed by atoms with Gasteiger partial charge in [-0.15, -0.1) is 0 Å². The molecule has 0 bridgehead atoms. The molecule has 0 fully saturated rings. The van der Waals surface area contributed by atoms with Gasteiger partial charge in [0.15, 0.2) is 0 Å². The van der Waals surface area contributed by atoms with Gasteiger partial charge in [0.25, 0.3) is 0 Å². The van der Waals surface area contributed by atoms with Gasteiger partial charge in [-0.05, 0) is 37.0 Å². The van der Waals surface area contributed by atoms with Gasteiger partial charge in [-0.3, -0.25) is 4.98 Å². The molecule has 17 heavy (non-hydrogen) atoms. The molecule has 0 saturated heterocycles. The largest absolute Gasteiger partial charge is 0.324 e. The second-order valence-electron chi connectivity index (χ2n) is 4.59. The van der Waals surface area contributed by atoms with E-state index in [4.69, 9.17) is 5.73 Å². The normalized spacial score (nSPS) is 12.4. The molecule has 1 atom stereocenters. The van der Waals surface area contributed by atoms with Gasteiger partial charge in [-0.25, -0.2) is 0 Å². The molecule has 2 aromatic rings. The van der Waals surface area contributed by atoms with Crippen LogP contribution < -0.4 is 5.73 Å². The Morgan fingerprint density at radius 2 is 1.76 bits per heavy atom. The van der Waals surface area contributed by atoms with Crippen LogP contribution in [0.3, 0.4) is 0 Å². The summed E-state index contributed by atoms with van der Waals surface area (Å²) in [4.78, 5) is 4.18. The van der Waals surface area contributed by atoms with E-state index >= 15 is 0 Å². The van der Waals surface area contributed by atoms with E-state index in [1.807, 2.05) is 19.3 Å². The fourth-order valence-corrected chi connectivity index (χ4v) is 1.88. The second-order valence-corrected chi connectivity index (χ2v) is 4.59. The Morgan fingerprint density at radius 1 is 1.06 bits per heavy atom. The number of rotatable bonds is 3. The van der Waals surface area contributed by atoms with E-state index in [1.165, 1.54) is 11.1 Å². The van der Waals surface area contributed by atoms with Crippen molar-refractivity contribution in [3.63, 3.8) is 0 Å². The molecule has 0 aliphatic carbocycles. The highest BCUT2D eigenvalue weighted by Gasteiger charge is 2.07. The molecule has 2 rings (SSSR count). The summed E-state index contributed by atoms with van der Waals surface area (Å²) in [6.45, 7) is 4.13. The molecule has 0 radical (unpaired) electrons. The highest BCUT2D eigenvalue weighted by Crippen LogP contribution is 2.16. The van der Waals surface area contributed by atoms with Gasteiger partial charge in [0.05, 0.1) is 0 Å². The van der Waals surface area contributed by atoms with E-state index in [0.717, 1.165) is 17.5 Å². The standard InChI is InChI=1S/C15H18N2/c1-11-3-5-13(6-4-11)8-15(16)14-7-12(2)9-17-10-14/h3-7,9-10,15H,8,16H2,1-2H3. The van der Waals surface area contributed by atoms with Crippen molar-refractivity contribution in [3.05, 3.63) is 65.0 Å². The minimum absolute atomic E-state index is 0.0186. The quantitative estimate of drug-likeness (QED) is 0.874. The van der Waals surface area contributed by atoms with E-state index in [-0.39, 0.29) is 6.04 Å². The maximum Gasteiger partial charge on any atom is 0.0351 e.